The quantitative estimate of drug-likeness (QED) is 0.761. The van der Waals surface area contributed by atoms with E-state index in [9.17, 15) is 0 Å². The summed E-state index contributed by atoms with van der Waals surface area (Å²) in [6.45, 7) is 3.56. The molecule has 96 valence electrons. The van der Waals surface area contributed by atoms with Crippen LogP contribution in [0.5, 0.6) is 11.5 Å². The predicted molar refractivity (Wildman–Crippen MR) is 69.7 cm³/mol. The van der Waals surface area contributed by atoms with Gasteiger partial charge in [-0.25, -0.2) is 0 Å². The van der Waals surface area contributed by atoms with Gasteiger partial charge in [-0.1, -0.05) is 0 Å². The van der Waals surface area contributed by atoms with Gasteiger partial charge in [0.1, 0.15) is 11.5 Å². The van der Waals surface area contributed by atoms with Crippen molar-refractivity contribution in [1.29, 1.82) is 0 Å². The molecule has 0 saturated carbocycles. The summed E-state index contributed by atoms with van der Waals surface area (Å²) in [7, 11) is 5.35. The van der Waals surface area contributed by atoms with Crippen molar-refractivity contribution in [3.8, 4) is 11.5 Å². The van der Waals surface area contributed by atoms with Crippen molar-refractivity contribution in [2.24, 2.45) is 5.73 Å². The van der Waals surface area contributed by atoms with Crippen LogP contribution in [0.2, 0.25) is 0 Å². The van der Waals surface area contributed by atoms with Gasteiger partial charge in [0, 0.05) is 19.3 Å². The normalized spacial score (nSPS) is 10.7. The SMILES string of the molecule is COc1cc(C)c(CCN(C)CN)c(OC)c1. The van der Waals surface area contributed by atoms with E-state index in [1.54, 1.807) is 14.2 Å². The third-order valence-corrected chi connectivity index (χ3v) is 2.92. The van der Waals surface area contributed by atoms with Gasteiger partial charge in [0.15, 0.2) is 0 Å². The minimum atomic E-state index is 0.567. The number of ether oxygens (including phenoxy) is 2. The van der Waals surface area contributed by atoms with Crippen LogP contribution in [0, 0.1) is 6.92 Å². The van der Waals surface area contributed by atoms with Crippen LogP contribution in [0.1, 0.15) is 11.1 Å². The Kier molecular flexibility index (Phi) is 5.25. The van der Waals surface area contributed by atoms with Gasteiger partial charge in [-0.2, -0.15) is 0 Å². The Balaban J connectivity index is 2.89. The van der Waals surface area contributed by atoms with E-state index in [2.05, 4.69) is 11.8 Å². The van der Waals surface area contributed by atoms with Crippen LogP contribution in [0.4, 0.5) is 0 Å². The second kappa shape index (κ2) is 6.47. The largest absolute Gasteiger partial charge is 0.497 e. The van der Waals surface area contributed by atoms with Gasteiger partial charge < -0.3 is 15.2 Å². The van der Waals surface area contributed by atoms with Crippen molar-refractivity contribution in [3.05, 3.63) is 23.3 Å². The molecule has 1 rings (SSSR count). The number of aryl methyl sites for hydroxylation is 1. The first kappa shape index (κ1) is 13.8. The summed E-state index contributed by atoms with van der Waals surface area (Å²) in [5.41, 5.74) is 7.97. The molecule has 0 radical (unpaired) electrons. The van der Waals surface area contributed by atoms with E-state index in [-0.39, 0.29) is 0 Å². The Bertz CT molecular complexity index is 367. The van der Waals surface area contributed by atoms with Crippen molar-refractivity contribution in [2.45, 2.75) is 13.3 Å². The van der Waals surface area contributed by atoms with Gasteiger partial charge in [-0.05, 0) is 37.6 Å². The summed E-state index contributed by atoms with van der Waals surface area (Å²) in [5.74, 6) is 1.71. The number of benzene rings is 1. The highest BCUT2D eigenvalue weighted by molar-refractivity contribution is 5.46. The molecule has 0 fully saturated rings. The summed E-state index contributed by atoms with van der Waals surface area (Å²) >= 11 is 0. The molecule has 0 aliphatic heterocycles. The minimum absolute atomic E-state index is 0.567. The van der Waals surface area contributed by atoms with Crippen molar-refractivity contribution in [1.82, 2.24) is 4.90 Å². The van der Waals surface area contributed by atoms with E-state index >= 15 is 0 Å². The van der Waals surface area contributed by atoms with E-state index in [1.165, 1.54) is 11.1 Å². The van der Waals surface area contributed by atoms with Crippen molar-refractivity contribution < 1.29 is 9.47 Å². The number of hydrogen-bond donors (Lipinski definition) is 1. The summed E-state index contributed by atoms with van der Waals surface area (Å²) in [5, 5.41) is 0. The molecule has 0 amide bonds. The van der Waals surface area contributed by atoms with Crippen molar-refractivity contribution >= 4 is 0 Å². The number of nitrogens with zero attached hydrogens (tertiary/aromatic N) is 1. The van der Waals surface area contributed by atoms with Crippen LogP contribution in [0.25, 0.3) is 0 Å². The van der Waals surface area contributed by atoms with Crippen molar-refractivity contribution in [2.75, 3.05) is 34.5 Å². The van der Waals surface area contributed by atoms with Gasteiger partial charge in [0.2, 0.25) is 0 Å². The smallest absolute Gasteiger partial charge is 0.126 e. The minimum Gasteiger partial charge on any atom is -0.497 e. The van der Waals surface area contributed by atoms with Gasteiger partial charge in [-0.15, -0.1) is 0 Å². The highest BCUT2D eigenvalue weighted by Gasteiger charge is 2.10. The van der Waals surface area contributed by atoms with E-state index in [0.717, 1.165) is 24.5 Å². The number of nitrogens with two attached hydrogens (primary N) is 1. The summed E-state index contributed by atoms with van der Waals surface area (Å²) < 4.78 is 10.6. The molecular weight excluding hydrogens is 216 g/mol. The van der Waals surface area contributed by atoms with Crippen LogP contribution < -0.4 is 15.2 Å². The molecule has 0 unspecified atom stereocenters. The van der Waals surface area contributed by atoms with Crippen LogP contribution in [-0.4, -0.2) is 39.4 Å². The van der Waals surface area contributed by atoms with E-state index < -0.39 is 0 Å². The number of likely N-dealkylation sites (N-methyl/N-ethyl adjacent to an activating group) is 1. The molecular formula is C13H22N2O2. The molecule has 1 aromatic carbocycles. The molecule has 4 heteroatoms. The highest BCUT2D eigenvalue weighted by atomic mass is 16.5. The van der Waals surface area contributed by atoms with E-state index in [4.69, 9.17) is 15.2 Å². The van der Waals surface area contributed by atoms with E-state index in [1.807, 2.05) is 19.2 Å². The molecule has 0 atom stereocenters. The lowest BCUT2D eigenvalue weighted by Gasteiger charge is -2.17. The Morgan fingerprint density at radius 2 is 1.94 bits per heavy atom. The maximum absolute atomic E-state index is 5.57. The number of rotatable bonds is 6. The average molecular weight is 238 g/mol. The number of hydrogen-bond acceptors (Lipinski definition) is 4. The second-order valence-electron chi connectivity index (χ2n) is 4.14. The first-order valence-corrected chi connectivity index (χ1v) is 5.72. The first-order valence-electron chi connectivity index (χ1n) is 5.72. The fourth-order valence-electron chi connectivity index (χ4n) is 1.77. The lowest BCUT2D eigenvalue weighted by atomic mass is 10.0. The molecule has 0 bridgehead atoms. The summed E-state index contributed by atoms with van der Waals surface area (Å²) in [6.07, 6.45) is 0.923. The monoisotopic (exact) mass is 238 g/mol. The van der Waals surface area contributed by atoms with Crippen molar-refractivity contribution in [3.63, 3.8) is 0 Å². The topological polar surface area (TPSA) is 47.7 Å². The van der Waals surface area contributed by atoms with Gasteiger partial charge in [-0.3, -0.25) is 4.90 Å². The Hall–Kier alpha value is -1.26. The molecule has 0 heterocycles. The zero-order valence-electron chi connectivity index (χ0n) is 11.1. The first-order chi connectivity index (χ1) is 8.12. The van der Waals surface area contributed by atoms with Crippen LogP contribution in [0.3, 0.4) is 0 Å². The fourth-order valence-corrected chi connectivity index (χ4v) is 1.77. The molecule has 2 N–H and O–H groups in total. The summed E-state index contributed by atoms with van der Waals surface area (Å²) in [4.78, 5) is 2.07. The maximum atomic E-state index is 5.57. The van der Waals surface area contributed by atoms with Crippen LogP contribution in [0.15, 0.2) is 12.1 Å². The molecule has 0 aliphatic rings. The molecule has 4 nitrogen and oxygen atoms in total. The molecule has 0 aliphatic carbocycles. The zero-order valence-corrected chi connectivity index (χ0v) is 11.1. The lowest BCUT2D eigenvalue weighted by Crippen LogP contribution is -2.27. The third kappa shape index (κ3) is 3.61. The average Bonchev–Trinajstić information content (AvgIpc) is 2.35. The number of methoxy groups -OCH3 is 2. The Labute approximate surface area is 103 Å². The molecule has 0 aromatic heterocycles. The van der Waals surface area contributed by atoms with Gasteiger partial charge in [0.05, 0.1) is 14.2 Å². The van der Waals surface area contributed by atoms with E-state index in [0.29, 0.717) is 6.67 Å². The standard InChI is InChI=1S/C13H22N2O2/c1-10-7-11(16-3)8-13(17-4)12(10)5-6-15(2)9-14/h7-8H,5-6,9,14H2,1-4H3. The maximum Gasteiger partial charge on any atom is 0.126 e. The Morgan fingerprint density at radius 1 is 1.24 bits per heavy atom. The van der Waals surface area contributed by atoms with Crippen LogP contribution in [-0.2, 0) is 6.42 Å². The highest BCUT2D eigenvalue weighted by Crippen LogP contribution is 2.28. The van der Waals surface area contributed by atoms with Crippen LogP contribution >= 0.6 is 0 Å². The zero-order chi connectivity index (χ0) is 12.8. The molecule has 0 saturated heterocycles. The van der Waals surface area contributed by atoms with Gasteiger partial charge >= 0.3 is 0 Å². The molecule has 17 heavy (non-hydrogen) atoms. The predicted octanol–water partition coefficient (Wildman–Crippen LogP) is 1.40. The fraction of sp³-hybridized carbons (Fsp3) is 0.538. The Morgan fingerprint density at radius 3 is 2.47 bits per heavy atom. The third-order valence-electron chi connectivity index (χ3n) is 2.92. The second-order valence-corrected chi connectivity index (χ2v) is 4.14. The van der Waals surface area contributed by atoms with Gasteiger partial charge in [0.25, 0.3) is 0 Å². The molecule has 0 spiro atoms. The molecule has 1 aromatic rings. The lowest BCUT2D eigenvalue weighted by molar-refractivity contribution is 0.343. The summed E-state index contributed by atoms with van der Waals surface area (Å²) in [6, 6.07) is 3.95.